The van der Waals surface area contributed by atoms with E-state index in [0.717, 1.165) is 18.4 Å². The summed E-state index contributed by atoms with van der Waals surface area (Å²) in [6.45, 7) is 5.44. The number of thioether (sulfide) groups is 1. The van der Waals surface area contributed by atoms with Crippen LogP contribution in [-0.2, 0) is 14.3 Å². The van der Waals surface area contributed by atoms with Crippen LogP contribution in [0.25, 0.3) is 0 Å². The molecule has 0 aromatic heterocycles. The molecule has 6 heteroatoms. The summed E-state index contributed by atoms with van der Waals surface area (Å²) >= 11 is 6.79. The van der Waals surface area contributed by atoms with Gasteiger partial charge in [-0.3, -0.25) is 9.59 Å². The molecular weight excluding hydrogens is 395 g/mol. The van der Waals surface area contributed by atoms with Gasteiger partial charge in [0.2, 0.25) is 0 Å². The normalized spacial score (nSPS) is 49.7. The summed E-state index contributed by atoms with van der Waals surface area (Å²) < 4.78 is 22.8. The molecule has 7 atom stereocenters. The maximum absolute atomic E-state index is 17.3. The van der Waals surface area contributed by atoms with Crippen LogP contribution in [0.3, 0.4) is 0 Å². The molecule has 3 nitrogen and oxygen atoms in total. The number of halogens is 1. The number of hydrogen-bond donors (Lipinski definition) is 1. The number of thiol groups is 1. The highest BCUT2D eigenvalue weighted by Gasteiger charge is 2.73. The molecule has 3 fully saturated rings. The van der Waals surface area contributed by atoms with Crippen LogP contribution in [0.2, 0.25) is 0 Å². The summed E-state index contributed by atoms with van der Waals surface area (Å²) in [5, 5.41) is 0. The lowest BCUT2D eigenvalue weighted by Crippen LogP contribution is -2.68. The topological polar surface area (TPSA) is 43.4 Å². The van der Waals surface area contributed by atoms with Crippen molar-refractivity contribution in [2.75, 3.05) is 6.26 Å². The van der Waals surface area contributed by atoms with Crippen LogP contribution in [0, 0.1) is 22.7 Å². The Morgan fingerprint density at radius 2 is 2.04 bits per heavy atom. The molecule has 4 rings (SSSR count). The highest BCUT2D eigenvalue weighted by molar-refractivity contribution is 8.11. The lowest BCUT2D eigenvalue weighted by molar-refractivity contribution is -0.209. The molecule has 0 bridgehead atoms. The van der Waals surface area contributed by atoms with Gasteiger partial charge in [0.15, 0.2) is 11.5 Å². The number of allylic oxidation sites excluding steroid dienone is 4. The lowest BCUT2D eigenvalue weighted by atomic mass is 9.46. The predicted molar refractivity (Wildman–Crippen MR) is 113 cm³/mol. The number of carbonyl (C=O) groups is 2. The number of ether oxygens (including phenoxy) is 1. The Balaban J connectivity index is 1.87. The second kappa shape index (κ2) is 6.37. The van der Waals surface area contributed by atoms with Gasteiger partial charge in [-0.2, -0.15) is 12.6 Å². The van der Waals surface area contributed by atoms with Gasteiger partial charge in [-0.1, -0.05) is 18.6 Å². The minimum absolute atomic E-state index is 0.0863. The van der Waals surface area contributed by atoms with E-state index in [0.29, 0.717) is 19.3 Å². The Hall–Kier alpha value is -0.750. The van der Waals surface area contributed by atoms with Crippen LogP contribution < -0.4 is 0 Å². The van der Waals surface area contributed by atoms with Crippen molar-refractivity contribution >= 4 is 36.1 Å². The maximum atomic E-state index is 17.3. The molecule has 4 aliphatic rings. The SMILES string of the molecule is CS[C@@]1(S)CC[C@H]2[C@@H]3CCC4=CC(=O)C=C[C@]4(C)[C@@]3(F)[C@H](OC(C)=O)C[C@@]21C. The van der Waals surface area contributed by atoms with E-state index in [4.69, 9.17) is 17.4 Å². The molecule has 0 heterocycles. The fraction of sp³-hybridized carbons (Fsp3) is 0.727. The quantitative estimate of drug-likeness (QED) is 0.388. The zero-order valence-corrected chi connectivity index (χ0v) is 18.7. The van der Waals surface area contributed by atoms with Gasteiger partial charge in [-0.05, 0) is 68.8 Å². The molecule has 0 amide bonds. The standard InChI is InChI=1S/C22H29FO3S2/c1-13(24)26-18-12-20(3)16(8-10-21(20,27)28-4)17-6-5-14-11-15(25)7-9-19(14,2)22(17,18)23/h7,9,11,16-18,27H,5-6,8,10,12H2,1-4H3/t16-,17-,18+,19-,20-,21-,22-/m0/s1. The number of rotatable bonds is 2. The summed E-state index contributed by atoms with van der Waals surface area (Å²) in [6.07, 6.45) is 9.72. The molecule has 0 saturated heterocycles. The average Bonchev–Trinajstić information content (AvgIpc) is 2.88. The number of fused-ring (bicyclic) bond motifs is 5. The highest BCUT2D eigenvalue weighted by Crippen LogP contribution is 2.72. The third-order valence-corrected chi connectivity index (χ3v) is 11.0. The van der Waals surface area contributed by atoms with Crippen LogP contribution in [0.4, 0.5) is 4.39 Å². The van der Waals surface area contributed by atoms with Crippen molar-refractivity contribution in [2.24, 2.45) is 22.7 Å². The second-order valence-electron chi connectivity index (χ2n) is 9.37. The monoisotopic (exact) mass is 424 g/mol. The molecule has 0 aromatic rings. The van der Waals surface area contributed by atoms with Crippen molar-refractivity contribution in [3.05, 3.63) is 23.8 Å². The van der Waals surface area contributed by atoms with Crippen molar-refractivity contribution in [3.8, 4) is 0 Å². The number of ketones is 1. The number of esters is 1. The van der Waals surface area contributed by atoms with E-state index in [1.54, 1.807) is 23.9 Å². The summed E-state index contributed by atoms with van der Waals surface area (Å²) in [5.74, 6) is -0.586. The Labute approximate surface area is 176 Å². The molecule has 0 spiro atoms. The number of alkyl halides is 1. The van der Waals surface area contributed by atoms with E-state index in [2.05, 4.69) is 13.2 Å². The summed E-state index contributed by atoms with van der Waals surface area (Å²) in [7, 11) is 0. The molecule has 4 aliphatic carbocycles. The first-order valence-corrected chi connectivity index (χ1v) is 11.8. The third kappa shape index (κ3) is 2.43. The number of carbonyl (C=O) groups excluding carboxylic acids is 2. The van der Waals surface area contributed by atoms with Gasteiger partial charge in [-0.25, -0.2) is 4.39 Å². The van der Waals surface area contributed by atoms with Gasteiger partial charge in [0.1, 0.15) is 6.10 Å². The van der Waals surface area contributed by atoms with Gasteiger partial charge < -0.3 is 4.74 Å². The smallest absolute Gasteiger partial charge is 0.303 e. The van der Waals surface area contributed by atoms with Crippen molar-refractivity contribution in [2.45, 2.75) is 68.7 Å². The van der Waals surface area contributed by atoms with Crippen LogP contribution >= 0.6 is 24.4 Å². The van der Waals surface area contributed by atoms with Gasteiger partial charge in [0.05, 0.1) is 4.08 Å². The average molecular weight is 425 g/mol. The molecule has 0 radical (unpaired) electrons. The Bertz CT molecular complexity index is 795. The lowest BCUT2D eigenvalue weighted by Gasteiger charge is -2.63. The first-order chi connectivity index (χ1) is 13.0. The predicted octanol–water partition coefficient (Wildman–Crippen LogP) is 4.92. The zero-order chi connectivity index (χ0) is 20.5. The van der Waals surface area contributed by atoms with E-state index in [9.17, 15) is 9.59 Å². The highest BCUT2D eigenvalue weighted by atomic mass is 32.2. The molecule has 154 valence electrons. The van der Waals surface area contributed by atoms with Crippen molar-refractivity contribution in [3.63, 3.8) is 0 Å². The molecule has 0 aromatic carbocycles. The van der Waals surface area contributed by atoms with Crippen LogP contribution in [-0.4, -0.2) is 33.9 Å². The summed E-state index contributed by atoms with van der Waals surface area (Å²) in [4.78, 5) is 23.9. The number of hydrogen-bond acceptors (Lipinski definition) is 5. The van der Waals surface area contributed by atoms with E-state index in [1.165, 1.54) is 13.0 Å². The first kappa shape index (κ1) is 20.5. The van der Waals surface area contributed by atoms with Crippen LogP contribution in [0.15, 0.2) is 23.8 Å². The van der Waals surface area contributed by atoms with Crippen molar-refractivity contribution in [1.29, 1.82) is 0 Å². The van der Waals surface area contributed by atoms with Gasteiger partial charge in [0, 0.05) is 18.3 Å². The van der Waals surface area contributed by atoms with Crippen molar-refractivity contribution < 1.29 is 18.7 Å². The molecule has 28 heavy (non-hydrogen) atoms. The van der Waals surface area contributed by atoms with E-state index >= 15 is 4.39 Å². The van der Waals surface area contributed by atoms with E-state index < -0.39 is 23.2 Å². The second-order valence-corrected chi connectivity index (χ2v) is 11.5. The third-order valence-electron chi connectivity index (χ3n) is 8.34. The van der Waals surface area contributed by atoms with Crippen molar-refractivity contribution in [1.82, 2.24) is 0 Å². The van der Waals surface area contributed by atoms with E-state index in [-0.39, 0.29) is 27.1 Å². The minimum atomic E-state index is -1.72. The fourth-order valence-electron chi connectivity index (χ4n) is 6.80. The van der Waals surface area contributed by atoms with Crippen LogP contribution in [0.1, 0.15) is 52.9 Å². The fourth-order valence-corrected chi connectivity index (χ4v) is 8.21. The maximum Gasteiger partial charge on any atom is 0.303 e. The van der Waals surface area contributed by atoms with E-state index in [1.807, 2.05) is 6.92 Å². The Kier molecular flexibility index (Phi) is 4.67. The van der Waals surface area contributed by atoms with Gasteiger partial charge >= 0.3 is 5.97 Å². The molecule has 3 saturated carbocycles. The summed E-state index contributed by atoms with van der Waals surface area (Å²) in [6, 6.07) is 0. The minimum Gasteiger partial charge on any atom is -0.459 e. The van der Waals surface area contributed by atoms with Gasteiger partial charge in [0.25, 0.3) is 0 Å². The first-order valence-electron chi connectivity index (χ1n) is 10.1. The largest absolute Gasteiger partial charge is 0.459 e. The Morgan fingerprint density at radius 1 is 1.32 bits per heavy atom. The molecule has 0 N–H and O–H groups in total. The Morgan fingerprint density at radius 3 is 2.68 bits per heavy atom. The van der Waals surface area contributed by atoms with Gasteiger partial charge in [-0.15, -0.1) is 11.8 Å². The molecule has 0 aliphatic heterocycles. The zero-order valence-electron chi connectivity index (χ0n) is 17.0. The van der Waals surface area contributed by atoms with Crippen LogP contribution in [0.5, 0.6) is 0 Å². The summed E-state index contributed by atoms with van der Waals surface area (Å²) in [5.41, 5.74) is -2.03. The molecular formula is C22H29FO3S2. The molecule has 0 unspecified atom stereocenters.